The van der Waals surface area contributed by atoms with Gasteiger partial charge < -0.3 is 4.74 Å². The van der Waals surface area contributed by atoms with Gasteiger partial charge in [0.1, 0.15) is 11.6 Å². The van der Waals surface area contributed by atoms with E-state index in [2.05, 4.69) is 4.74 Å². The normalized spacial score (nSPS) is 10.6. The summed E-state index contributed by atoms with van der Waals surface area (Å²) in [5.74, 6) is -0.682. The zero-order chi connectivity index (χ0) is 10.6. The molecule has 1 rings (SSSR count). The zero-order valence-electron chi connectivity index (χ0n) is 7.64. The predicted octanol–water partition coefficient (Wildman–Crippen LogP) is 3.19. The maximum atomic E-state index is 13.1. The van der Waals surface area contributed by atoms with E-state index in [1.807, 2.05) is 0 Å². The van der Waals surface area contributed by atoms with E-state index in [9.17, 15) is 13.2 Å². The summed E-state index contributed by atoms with van der Waals surface area (Å²) in [6.45, 7) is -1.12. The maximum Gasteiger partial charge on any atom is 0.387 e. The van der Waals surface area contributed by atoms with Gasteiger partial charge in [0.05, 0.1) is 0 Å². The Hall–Kier alpha value is -1.19. The quantitative estimate of drug-likeness (QED) is 0.730. The number of hydrogen-bond donors (Lipinski definition) is 0. The van der Waals surface area contributed by atoms with E-state index >= 15 is 0 Å². The number of hydrogen-bond acceptors (Lipinski definition) is 1. The molecule has 77 valence electrons. The Labute approximate surface area is 80.5 Å². The molecule has 0 saturated heterocycles. The van der Waals surface area contributed by atoms with Crippen molar-refractivity contribution in [3.05, 3.63) is 36.0 Å². The van der Waals surface area contributed by atoms with Crippen LogP contribution in [0.3, 0.4) is 0 Å². The Morgan fingerprint density at radius 1 is 1.43 bits per heavy atom. The summed E-state index contributed by atoms with van der Waals surface area (Å²) in [5.41, 5.74) is 0.467. The molecule has 0 saturated carbocycles. The number of rotatable bonds is 4. The van der Waals surface area contributed by atoms with Gasteiger partial charge in [-0.05, 0) is 24.5 Å². The SMILES string of the molecule is C[CH]Cc1ccc(OC(F)F)cc1F. The van der Waals surface area contributed by atoms with Gasteiger partial charge in [0.15, 0.2) is 0 Å². The third-order valence-corrected chi connectivity index (χ3v) is 1.67. The summed E-state index contributed by atoms with van der Waals surface area (Å²) >= 11 is 0. The first-order chi connectivity index (χ1) is 6.63. The van der Waals surface area contributed by atoms with Crippen LogP contribution in [0.5, 0.6) is 5.75 Å². The monoisotopic (exact) mass is 203 g/mol. The molecule has 0 bridgehead atoms. The van der Waals surface area contributed by atoms with Crippen LogP contribution in [0.25, 0.3) is 0 Å². The third kappa shape index (κ3) is 2.94. The minimum absolute atomic E-state index is 0.155. The van der Waals surface area contributed by atoms with Crippen LogP contribution in [0.4, 0.5) is 13.2 Å². The number of ether oxygens (including phenoxy) is 1. The van der Waals surface area contributed by atoms with Crippen molar-refractivity contribution in [2.75, 3.05) is 0 Å². The van der Waals surface area contributed by atoms with Crippen molar-refractivity contribution in [2.45, 2.75) is 20.0 Å². The second-order valence-electron chi connectivity index (χ2n) is 2.74. The summed E-state index contributed by atoms with van der Waals surface area (Å²) in [4.78, 5) is 0. The van der Waals surface area contributed by atoms with Gasteiger partial charge >= 0.3 is 6.61 Å². The van der Waals surface area contributed by atoms with E-state index in [4.69, 9.17) is 0 Å². The first kappa shape index (κ1) is 10.9. The molecule has 0 spiro atoms. The van der Waals surface area contributed by atoms with Gasteiger partial charge in [0.25, 0.3) is 0 Å². The van der Waals surface area contributed by atoms with Crippen LogP contribution in [-0.4, -0.2) is 6.61 Å². The van der Waals surface area contributed by atoms with Crippen LogP contribution >= 0.6 is 0 Å². The molecule has 0 aliphatic carbocycles. The topological polar surface area (TPSA) is 9.23 Å². The van der Waals surface area contributed by atoms with Crippen LogP contribution in [0.1, 0.15) is 12.5 Å². The Morgan fingerprint density at radius 3 is 2.64 bits per heavy atom. The average molecular weight is 203 g/mol. The van der Waals surface area contributed by atoms with E-state index in [1.54, 1.807) is 13.3 Å². The lowest BCUT2D eigenvalue weighted by Gasteiger charge is -2.06. The fourth-order valence-corrected chi connectivity index (χ4v) is 1.09. The predicted molar refractivity (Wildman–Crippen MR) is 46.7 cm³/mol. The fourth-order valence-electron chi connectivity index (χ4n) is 1.09. The molecule has 0 atom stereocenters. The summed E-state index contributed by atoms with van der Waals surface area (Å²) in [7, 11) is 0. The maximum absolute atomic E-state index is 13.1. The molecule has 0 amide bonds. The first-order valence-electron chi connectivity index (χ1n) is 4.14. The molecule has 0 N–H and O–H groups in total. The summed E-state index contributed by atoms with van der Waals surface area (Å²) in [5, 5.41) is 0. The molecule has 0 unspecified atom stereocenters. The molecule has 1 aromatic carbocycles. The Morgan fingerprint density at radius 2 is 2.14 bits per heavy atom. The highest BCUT2D eigenvalue weighted by Gasteiger charge is 2.07. The molecule has 1 aromatic rings. The second-order valence-corrected chi connectivity index (χ2v) is 2.74. The minimum atomic E-state index is -2.92. The van der Waals surface area contributed by atoms with Gasteiger partial charge in [0, 0.05) is 6.07 Å². The average Bonchev–Trinajstić information content (AvgIpc) is 2.09. The zero-order valence-corrected chi connectivity index (χ0v) is 7.64. The van der Waals surface area contributed by atoms with Gasteiger partial charge in [-0.25, -0.2) is 4.39 Å². The Bertz CT molecular complexity index is 299. The molecule has 4 heteroatoms. The molecule has 0 heterocycles. The molecule has 14 heavy (non-hydrogen) atoms. The van der Waals surface area contributed by atoms with Crippen LogP contribution in [0, 0.1) is 12.2 Å². The van der Waals surface area contributed by atoms with Crippen molar-refractivity contribution in [1.82, 2.24) is 0 Å². The molecule has 0 aliphatic rings. The van der Waals surface area contributed by atoms with E-state index < -0.39 is 12.4 Å². The lowest BCUT2D eigenvalue weighted by Crippen LogP contribution is -2.02. The highest BCUT2D eigenvalue weighted by molar-refractivity contribution is 5.29. The Balaban J connectivity index is 2.78. The fraction of sp³-hybridized carbons (Fsp3) is 0.300. The van der Waals surface area contributed by atoms with E-state index in [0.717, 1.165) is 6.07 Å². The van der Waals surface area contributed by atoms with Crippen LogP contribution < -0.4 is 4.74 Å². The lowest BCUT2D eigenvalue weighted by molar-refractivity contribution is -0.0500. The number of alkyl halides is 2. The summed E-state index contributed by atoms with van der Waals surface area (Å²) < 4.78 is 40.7. The van der Waals surface area contributed by atoms with Gasteiger partial charge in [-0.2, -0.15) is 8.78 Å². The van der Waals surface area contributed by atoms with Crippen molar-refractivity contribution < 1.29 is 17.9 Å². The molecule has 0 aliphatic heterocycles. The van der Waals surface area contributed by atoms with E-state index in [1.165, 1.54) is 12.1 Å². The highest BCUT2D eigenvalue weighted by Crippen LogP contribution is 2.19. The van der Waals surface area contributed by atoms with Gasteiger partial charge in [0.2, 0.25) is 0 Å². The van der Waals surface area contributed by atoms with Gasteiger partial charge in [-0.1, -0.05) is 13.0 Å². The van der Waals surface area contributed by atoms with E-state index in [0.29, 0.717) is 12.0 Å². The van der Waals surface area contributed by atoms with Crippen LogP contribution in [0.15, 0.2) is 18.2 Å². The molecule has 1 nitrogen and oxygen atoms in total. The highest BCUT2D eigenvalue weighted by atomic mass is 19.3. The third-order valence-electron chi connectivity index (χ3n) is 1.67. The standard InChI is InChI=1S/C10H10F3O/c1-2-3-7-4-5-8(6-9(7)11)14-10(12)13/h2,4-6,10H,3H2,1H3. The minimum Gasteiger partial charge on any atom is -0.435 e. The van der Waals surface area contributed by atoms with Crippen molar-refractivity contribution in [2.24, 2.45) is 0 Å². The van der Waals surface area contributed by atoms with Crippen molar-refractivity contribution >= 4 is 0 Å². The van der Waals surface area contributed by atoms with Crippen LogP contribution in [0.2, 0.25) is 0 Å². The summed E-state index contributed by atoms with van der Waals surface area (Å²) in [6, 6.07) is 3.73. The molecule has 0 fully saturated rings. The molecule has 1 radical (unpaired) electrons. The number of benzene rings is 1. The lowest BCUT2D eigenvalue weighted by atomic mass is 10.1. The van der Waals surface area contributed by atoms with Crippen molar-refractivity contribution in [1.29, 1.82) is 0 Å². The Kier molecular flexibility index (Phi) is 3.80. The number of halogens is 3. The summed E-state index contributed by atoms with van der Waals surface area (Å²) in [6.07, 6.45) is 2.26. The molecule has 0 aromatic heterocycles. The molecular weight excluding hydrogens is 193 g/mol. The van der Waals surface area contributed by atoms with Gasteiger partial charge in [-0.15, -0.1) is 0 Å². The van der Waals surface area contributed by atoms with E-state index in [-0.39, 0.29) is 5.75 Å². The van der Waals surface area contributed by atoms with Crippen LogP contribution in [-0.2, 0) is 6.42 Å². The second kappa shape index (κ2) is 4.88. The smallest absolute Gasteiger partial charge is 0.387 e. The van der Waals surface area contributed by atoms with Crippen molar-refractivity contribution in [3.8, 4) is 5.75 Å². The van der Waals surface area contributed by atoms with Crippen molar-refractivity contribution in [3.63, 3.8) is 0 Å². The molecular formula is C10H10F3O. The van der Waals surface area contributed by atoms with Gasteiger partial charge in [-0.3, -0.25) is 0 Å². The first-order valence-corrected chi connectivity index (χ1v) is 4.14. The largest absolute Gasteiger partial charge is 0.435 e.